The van der Waals surface area contributed by atoms with Crippen LogP contribution >= 0.6 is 27.5 Å². The Morgan fingerprint density at radius 1 is 1.50 bits per heavy atom. The number of hydrogen-bond donors (Lipinski definition) is 2. The third kappa shape index (κ3) is 4.96. The average Bonchev–Trinajstić information content (AvgIpc) is 2.27. The van der Waals surface area contributed by atoms with Gasteiger partial charge >= 0.3 is 5.97 Å². The number of carboxylic acid groups (broad SMARTS) is 1. The Bertz CT molecular complexity index is 423. The van der Waals surface area contributed by atoms with Crippen LogP contribution in [0.5, 0.6) is 0 Å². The van der Waals surface area contributed by atoms with E-state index in [1.165, 1.54) is 0 Å². The van der Waals surface area contributed by atoms with Crippen LogP contribution in [-0.4, -0.2) is 17.1 Å². The molecule has 0 radical (unpaired) electrons. The van der Waals surface area contributed by atoms with Gasteiger partial charge in [0.15, 0.2) is 0 Å². The summed E-state index contributed by atoms with van der Waals surface area (Å²) in [4.78, 5) is 11.1. The molecule has 0 aromatic heterocycles. The van der Waals surface area contributed by atoms with Crippen LogP contribution in [0.3, 0.4) is 0 Å². The number of carbonyl (C=O) groups is 1. The highest BCUT2D eigenvalue weighted by atomic mass is 79.9. The lowest BCUT2D eigenvalue weighted by Crippen LogP contribution is -2.37. The smallest absolute Gasteiger partial charge is 0.320 e. The number of benzene rings is 1. The first kappa shape index (κ1) is 15.5. The molecule has 0 spiro atoms. The second kappa shape index (κ2) is 7.12. The number of hydrogen-bond acceptors (Lipinski definition) is 2. The molecule has 0 heterocycles. The van der Waals surface area contributed by atoms with Gasteiger partial charge in [-0.2, -0.15) is 0 Å². The van der Waals surface area contributed by atoms with Crippen molar-refractivity contribution in [3.63, 3.8) is 0 Å². The van der Waals surface area contributed by atoms with E-state index in [0.29, 0.717) is 23.9 Å². The van der Waals surface area contributed by atoms with Crippen LogP contribution in [0.25, 0.3) is 0 Å². The Morgan fingerprint density at radius 3 is 2.72 bits per heavy atom. The number of rotatable bonds is 6. The van der Waals surface area contributed by atoms with Crippen molar-refractivity contribution in [1.29, 1.82) is 0 Å². The number of nitrogens with one attached hydrogen (secondary N) is 1. The lowest BCUT2D eigenvalue weighted by Gasteiger charge is -2.17. The molecule has 1 atom stereocenters. The van der Waals surface area contributed by atoms with E-state index in [-0.39, 0.29) is 0 Å². The molecule has 0 saturated heterocycles. The molecule has 0 aliphatic heterocycles. The predicted octanol–water partition coefficient (Wildman–Crippen LogP) is 3.69. The molecule has 1 aromatic rings. The minimum atomic E-state index is -0.818. The van der Waals surface area contributed by atoms with E-state index in [0.717, 1.165) is 10.0 Å². The van der Waals surface area contributed by atoms with Gasteiger partial charge < -0.3 is 10.4 Å². The summed E-state index contributed by atoms with van der Waals surface area (Å²) >= 11 is 9.34. The van der Waals surface area contributed by atoms with Crippen LogP contribution in [0.2, 0.25) is 5.02 Å². The third-order valence-electron chi connectivity index (χ3n) is 2.55. The maximum atomic E-state index is 11.1. The Hall–Kier alpha value is -0.580. The van der Waals surface area contributed by atoms with Crippen molar-refractivity contribution in [2.75, 3.05) is 0 Å². The molecule has 5 heteroatoms. The van der Waals surface area contributed by atoms with E-state index in [1.54, 1.807) is 6.07 Å². The highest BCUT2D eigenvalue weighted by Crippen LogP contribution is 2.21. The lowest BCUT2D eigenvalue weighted by atomic mass is 10.0. The SMILES string of the molecule is CC(C)CC(NCc1cc(Cl)ccc1Br)C(=O)O. The molecular weight excluding hydrogens is 318 g/mol. The summed E-state index contributed by atoms with van der Waals surface area (Å²) in [5, 5.41) is 12.8. The van der Waals surface area contributed by atoms with Crippen molar-refractivity contribution in [1.82, 2.24) is 5.32 Å². The van der Waals surface area contributed by atoms with Gasteiger partial charge in [-0.05, 0) is 36.1 Å². The molecular formula is C13H17BrClNO2. The van der Waals surface area contributed by atoms with E-state index < -0.39 is 12.0 Å². The maximum absolute atomic E-state index is 11.1. The fourth-order valence-corrected chi connectivity index (χ4v) is 2.24. The molecule has 1 unspecified atom stereocenters. The van der Waals surface area contributed by atoms with Crippen LogP contribution in [0.4, 0.5) is 0 Å². The summed E-state index contributed by atoms with van der Waals surface area (Å²) in [6, 6.07) is 4.94. The number of halogens is 2. The van der Waals surface area contributed by atoms with Gasteiger partial charge in [-0.15, -0.1) is 0 Å². The highest BCUT2D eigenvalue weighted by Gasteiger charge is 2.18. The zero-order valence-corrected chi connectivity index (χ0v) is 12.8. The molecule has 1 rings (SSSR count). The summed E-state index contributed by atoms with van der Waals surface area (Å²) in [5.41, 5.74) is 0.956. The van der Waals surface area contributed by atoms with Crippen LogP contribution in [0, 0.1) is 5.92 Å². The van der Waals surface area contributed by atoms with Crippen molar-refractivity contribution in [2.45, 2.75) is 32.9 Å². The van der Waals surface area contributed by atoms with E-state index >= 15 is 0 Å². The fraction of sp³-hybridized carbons (Fsp3) is 0.462. The molecule has 100 valence electrons. The Morgan fingerprint density at radius 2 is 2.17 bits per heavy atom. The highest BCUT2D eigenvalue weighted by molar-refractivity contribution is 9.10. The van der Waals surface area contributed by atoms with Crippen molar-refractivity contribution in [3.05, 3.63) is 33.3 Å². The minimum Gasteiger partial charge on any atom is -0.480 e. The van der Waals surface area contributed by atoms with Crippen LogP contribution in [0.1, 0.15) is 25.8 Å². The Balaban J connectivity index is 2.66. The predicted molar refractivity (Wildman–Crippen MR) is 76.9 cm³/mol. The minimum absolute atomic E-state index is 0.335. The summed E-state index contributed by atoms with van der Waals surface area (Å²) in [6.45, 7) is 4.49. The van der Waals surface area contributed by atoms with Gasteiger partial charge in [0.05, 0.1) is 0 Å². The first-order valence-corrected chi connectivity index (χ1v) is 6.97. The van der Waals surface area contributed by atoms with Crippen molar-refractivity contribution >= 4 is 33.5 Å². The molecule has 0 bridgehead atoms. The van der Waals surface area contributed by atoms with E-state index in [4.69, 9.17) is 16.7 Å². The van der Waals surface area contributed by atoms with E-state index in [2.05, 4.69) is 21.2 Å². The van der Waals surface area contributed by atoms with Gasteiger partial charge in [0.25, 0.3) is 0 Å². The molecule has 0 saturated carbocycles. The van der Waals surface area contributed by atoms with Crippen molar-refractivity contribution in [3.8, 4) is 0 Å². The van der Waals surface area contributed by atoms with Crippen molar-refractivity contribution in [2.24, 2.45) is 5.92 Å². The number of carboxylic acids is 1. The Kier molecular flexibility index (Phi) is 6.12. The summed E-state index contributed by atoms with van der Waals surface area (Å²) in [5.74, 6) is -0.483. The maximum Gasteiger partial charge on any atom is 0.320 e. The molecule has 0 aliphatic rings. The molecule has 3 nitrogen and oxygen atoms in total. The topological polar surface area (TPSA) is 49.3 Å². The zero-order valence-electron chi connectivity index (χ0n) is 10.4. The lowest BCUT2D eigenvalue weighted by molar-refractivity contribution is -0.140. The van der Waals surface area contributed by atoms with E-state index in [1.807, 2.05) is 26.0 Å². The molecule has 0 fully saturated rings. The molecule has 1 aromatic carbocycles. The average molecular weight is 335 g/mol. The second-order valence-corrected chi connectivity index (χ2v) is 5.93. The first-order chi connectivity index (χ1) is 8.40. The normalized spacial score (nSPS) is 12.7. The van der Waals surface area contributed by atoms with Gasteiger partial charge in [-0.3, -0.25) is 4.79 Å². The summed E-state index contributed by atoms with van der Waals surface area (Å²) in [7, 11) is 0. The van der Waals surface area contributed by atoms with Gasteiger partial charge in [-0.25, -0.2) is 0 Å². The quantitative estimate of drug-likeness (QED) is 0.834. The van der Waals surface area contributed by atoms with Crippen molar-refractivity contribution < 1.29 is 9.90 Å². The van der Waals surface area contributed by atoms with Gasteiger partial charge in [0.1, 0.15) is 6.04 Å². The van der Waals surface area contributed by atoms with Gasteiger partial charge in [0, 0.05) is 16.0 Å². The standard InChI is InChI=1S/C13H17BrClNO2/c1-8(2)5-12(13(17)18)16-7-9-6-10(15)3-4-11(9)14/h3-4,6,8,12,16H,5,7H2,1-2H3,(H,17,18). The molecule has 0 aliphatic carbocycles. The van der Waals surface area contributed by atoms with Gasteiger partial charge in [-0.1, -0.05) is 41.4 Å². The Labute approximate surface area is 121 Å². The van der Waals surface area contributed by atoms with Gasteiger partial charge in [0.2, 0.25) is 0 Å². The largest absolute Gasteiger partial charge is 0.480 e. The molecule has 0 amide bonds. The summed E-state index contributed by atoms with van der Waals surface area (Å²) < 4.78 is 0.924. The van der Waals surface area contributed by atoms with Crippen LogP contribution in [0.15, 0.2) is 22.7 Å². The van der Waals surface area contributed by atoms with Crippen LogP contribution < -0.4 is 5.32 Å². The summed E-state index contributed by atoms with van der Waals surface area (Å²) in [6.07, 6.45) is 0.605. The number of aliphatic carboxylic acids is 1. The monoisotopic (exact) mass is 333 g/mol. The molecule has 18 heavy (non-hydrogen) atoms. The first-order valence-electron chi connectivity index (χ1n) is 5.80. The second-order valence-electron chi connectivity index (χ2n) is 4.64. The fourth-order valence-electron chi connectivity index (χ4n) is 1.65. The van der Waals surface area contributed by atoms with E-state index in [9.17, 15) is 4.79 Å². The third-order valence-corrected chi connectivity index (χ3v) is 3.56. The zero-order chi connectivity index (χ0) is 13.7. The molecule has 2 N–H and O–H groups in total. The van der Waals surface area contributed by atoms with Crippen LogP contribution in [-0.2, 0) is 11.3 Å².